The Morgan fingerprint density at radius 3 is 2.75 bits per heavy atom. The van der Waals surface area contributed by atoms with Crippen LogP contribution >= 0.6 is 12.4 Å². The average Bonchev–Trinajstić information content (AvgIpc) is 2.48. The minimum absolute atomic E-state index is 0. The summed E-state index contributed by atoms with van der Waals surface area (Å²) in [6.45, 7) is 4.01. The van der Waals surface area contributed by atoms with E-state index in [-0.39, 0.29) is 30.3 Å². The minimum Gasteiger partial charge on any atom is -0.353 e. The maximum absolute atomic E-state index is 12.2. The number of carbonyl (C=O) groups is 1. The van der Waals surface area contributed by atoms with Crippen LogP contribution < -0.4 is 10.6 Å². The number of nitrogens with one attached hydrogen (secondary N) is 2. The molecule has 2 unspecified atom stereocenters. The van der Waals surface area contributed by atoms with Crippen molar-refractivity contribution in [1.82, 2.24) is 10.6 Å². The van der Waals surface area contributed by atoms with Crippen molar-refractivity contribution in [2.75, 3.05) is 13.1 Å². The van der Waals surface area contributed by atoms with Crippen molar-refractivity contribution in [2.24, 2.45) is 5.92 Å². The van der Waals surface area contributed by atoms with Gasteiger partial charge in [0.05, 0.1) is 5.92 Å². The van der Waals surface area contributed by atoms with Gasteiger partial charge in [0.2, 0.25) is 5.91 Å². The molecule has 3 nitrogen and oxygen atoms in total. The van der Waals surface area contributed by atoms with E-state index in [1.54, 1.807) is 0 Å². The van der Waals surface area contributed by atoms with E-state index in [1.807, 2.05) is 6.07 Å². The molecule has 0 radical (unpaired) electrons. The van der Waals surface area contributed by atoms with E-state index >= 15 is 0 Å². The van der Waals surface area contributed by atoms with Crippen LogP contribution in [0, 0.1) is 5.92 Å². The first-order valence-corrected chi connectivity index (χ1v) is 7.34. The van der Waals surface area contributed by atoms with Crippen LogP contribution in [0.4, 0.5) is 0 Å². The van der Waals surface area contributed by atoms with Gasteiger partial charge in [0.25, 0.3) is 0 Å². The molecule has 1 aliphatic rings. The summed E-state index contributed by atoms with van der Waals surface area (Å²) < 4.78 is 0. The van der Waals surface area contributed by atoms with Crippen LogP contribution in [0.3, 0.4) is 0 Å². The van der Waals surface area contributed by atoms with Gasteiger partial charge in [-0.25, -0.2) is 0 Å². The highest BCUT2D eigenvalue weighted by atomic mass is 35.5. The lowest BCUT2D eigenvalue weighted by Gasteiger charge is -2.25. The van der Waals surface area contributed by atoms with Gasteiger partial charge >= 0.3 is 0 Å². The zero-order valence-corrected chi connectivity index (χ0v) is 12.9. The van der Waals surface area contributed by atoms with Gasteiger partial charge in [-0.05, 0) is 37.8 Å². The Balaban J connectivity index is 0.00000200. The number of halogens is 1. The standard InChI is InChI=1S/C16H24N2O.ClH/c1-2-15(11-13-7-4-3-5-8-13)18-16(19)14-9-6-10-17-12-14;/h3-5,7-8,14-15,17H,2,6,9-12H2,1H3,(H,18,19);1H. The number of piperidine rings is 1. The van der Waals surface area contributed by atoms with E-state index in [0.29, 0.717) is 0 Å². The Hall–Kier alpha value is -1.06. The zero-order chi connectivity index (χ0) is 13.5. The largest absolute Gasteiger partial charge is 0.353 e. The monoisotopic (exact) mass is 296 g/mol. The summed E-state index contributed by atoms with van der Waals surface area (Å²) in [5.74, 6) is 0.369. The molecule has 20 heavy (non-hydrogen) atoms. The first-order chi connectivity index (χ1) is 9.29. The van der Waals surface area contributed by atoms with Crippen molar-refractivity contribution < 1.29 is 4.79 Å². The van der Waals surface area contributed by atoms with E-state index in [4.69, 9.17) is 0 Å². The summed E-state index contributed by atoms with van der Waals surface area (Å²) in [5, 5.41) is 6.50. The highest BCUT2D eigenvalue weighted by Crippen LogP contribution is 2.12. The third-order valence-electron chi connectivity index (χ3n) is 3.83. The van der Waals surface area contributed by atoms with E-state index in [0.717, 1.165) is 38.8 Å². The van der Waals surface area contributed by atoms with Gasteiger partial charge in [-0.3, -0.25) is 4.79 Å². The first kappa shape index (κ1) is 17.0. The molecule has 0 bridgehead atoms. The highest BCUT2D eigenvalue weighted by Gasteiger charge is 2.22. The fraction of sp³-hybridized carbons (Fsp3) is 0.562. The molecule has 2 rings (SSSR count). The number of amides is 1. The van der Waals surface area contributed by atoms with Crippen LogP contribution in [0.1, 0.15) is 31.7 Å². The molecule has 2 N–H and O–H groups in total. The molecule has 0 spiro atoms. The zero-order valence-electron chi connectivity index (χ0n) is 12.1. The molecule has 112 valence electrons. The molecular weight excluding hydrogens is 272 g/mol. The summed E-state index contributed by atoms with van der Waals surface area (Å²) in [6, 6.07) is 10.6. The van der Waals surface area contributed by atoms with Crippen molar-refractivity contribution in [3.8, 4) is 0 Å². The second-order valence-corrected chi connectivity index (χ2v) is 5.35. The van der Waals surface area contributed by atoms with E-state index in [2.05, 4.69) is 41.8 Å². The second-order valence-electron chi connectivity index (χ2n) is 5.35. The summed E-state index contributed by atoms with van der Waals surface area (Å²) >= 11 is 0. The molecule has 4 heteroatoms. The molecule has 1 fully saturated rings. The van der Waals surface area contributed by atoms with E-state index in [9.17, 15) is 4.79 Å². The quantitative estimate of drug-likeness (QED) is 0.877. The number of hydrogen-bond acceptors (Lipinski definition) is 2. The Labute approximate surface area is 127 Å². The van der Waals surface area contributed by atoms with Crippen molar-refractivity contribution in [2.45, 2.75) is 38.6 Å². The number of benzene rings is 1. The Bertz CT molecular complexity index is 391. The predicted molar refractivity (Wildman–Crippen MR) is 85.2 cm³/mol. The van der Waals surface area contributed by atoms with Gasteiger partial charge in [0, 0.05) is 12.6 Å². The maximum Gasteiger partial charge on any atom is 0.224 e. The van der Waals surface area contributed by atoms with Gasteiger partial charge in [0.1, 0.15) is 0 Å². The van der Waals surface area contributed by atoms with Gasteiger partial charge in [-0.2, -0.15) is 0 Å². The van der Waals surface area contributed by atoms with Crippen LogP contribution in [-0.4, -0.2) is 25.0 Å². The Morgan fingerprint density at radius 2 is 2.15 bits per heavy atom. The van der Waals surface area contributed by atoms with Crippen molar-refractivity contribution in [3.63, 3.8) is 0 Å². The molecule has 1 aromatic carbocycles. The second kappa shape index (κ2) is 8.98. The lowest BCUT2D eigenvalue weighted by molar-refractivity contribution is -0.126. The van der Waals surface area contributed by atoms with Crippen LogP contribution in [0.5, 0.6) is 0 Å². The summed E-state index contributed by atoms with van der Waals surface area (Å²) in [4.78, 5) is 12.2. The van der Waals surface area contributed by atoms with Gasteiger partial charge in [-0.15, -0.1) is 12.4 Å². The summed E-state index contributed by atoms with van der Waals surface area (Å²) in [6.07, 6.45) is 4.01. The Kier molecular flexibility index (Phi) is 7.63. The third-order valence-corrected chi connectivity index (χ3v) is 3.83. The fourth-order valence-electron chi connectivity index (χ4n) is 2.59. The topological polar surface area (TPSA) is 41.1 Å². The third kappa shape index (κ3) is 5.14. The molecule has 1 amide bonds. The van der Waals surface area contributed by atoms with Crippen molar-refractivity contribution in [3.05, 3.63) is 35.9 Å². The first-order valence-electron chi connectivity index (χ1n) is 7.34. The van der Waals surface area contributed by atoms with Gasteiger partial charge < -0.3 is 10.6 Å². The molecule has 0 aromatic heterocycles. The van der Waals surface area contributed by atoms with Crippen molar-refractivity contribution in [1.29, 1.82) is 0 Å². The SMILES string of the molecule is CCC(Cc1ccccc1)NC(=O)C1CCCNC1.Cl. The fourth-order valence-corrected chi connectivity index (χ4v) is 2.59. The highest BCUT2D eigenvalue weighted by molar-refractivity contribution is 5.85. The average molecular weight is 297 g/mol. The molecule has 1 aromatic rings. The molecule has 0 aliphatic carbocycles. The summed E-state index contributed by atoms with van der Waals surface area (Å²) in [7, 11) is 0. The molecule has 1 saturated heterocycles. The minimum atomic E-state index is 0. The lowest BCUT2D eigenvalue weighted by Crippen LogP contribution is -2.44. The number of rotatable bonds is 5. The number of carbonyl (C=O) groups excluding carboxylic acids is 1. The van der Waals surface area contributed by atoms with Crippen LogP contribution in [0.25, 0.3) is 0 Å². The van der Waals surface area contributed by atoms with Crippen LogP contribution in [0.2, 0.25) is 0 Å². The predicted octanol–water partition coefficient (Wildman–Crippen LogP) is 2.55. The molecule has 0 saturated carbocycles. The molecular formula is C16H25ClN2O. The normalized spacial score (nSPS) is 19.8. The van der Waals surface area contributed by atoms with Gasteiger partial charge in [0.15, 0.2) is 0 Å². The molecule has 1 aliphatic heterocycles. The maximum atomic E-state index is 12.2. The van der Waals surface area contributed by atoms with E-state index < -0.39 is 0 Å². The summed E-state index contributed by atoms with van der Waals surface area (Å²) in [5.41, 5.74) is 1.29. The lowest BCUT2D eigenvalue weighted by atomic mass is 9.97. The van der Waals surface area contributed by atoms with Crippen LogP contribution in [0.15, 0.2) is 30.3 Å². The van der Waals surface area contributed by atoms with Crippen molar-refractivity contribution >= 4 is 18.3 Å². The van der Waals surface area contributed by atoms with Gasteiger partial charge in [-0.1, -0.05) is 37.3 Å². The number of hydrogen-bond donors (Lipinski definition) is 2. The smallest absolute Gasteiger partial charge is 0.224 e. The molecule has 1 heterocycles. The Morgan fingerprint density at radius 1 is 1.40 bits per heavy atom. The molecule has 2 atom stereocenters. The van der Waals surface area contributed by atoms with E-state index in [1.165, 1.54) is 5.56 Å². The van der Waals surface area contributed by atoms with Crippen LogP contribution in [-0.2, 0) is 11.2 Å².